The molecule has 92 valence electrons. The van der Waals surface area contributed by atoms with Gasteiger partial charge < -0.3 is 9.80 Å². The Morgan fingerprint density at radius 2 is 1.83 bits per heavy atom. The van der Waals surface area contributed by atoms with Crippen molar-refractivity contribution >= 4 is 17.2 Å². The van der Waals surface area contributed by atoms with Gasteiger partial charge >= 0.3 is 0 Å². The molecule has 1 aliphatic heterocycles. The molecule has 0 fully saturated rings. The van der Waals surface area contributed by atoms with E-state index in [-0.39, 0.29) is 0 Å². The van der Waals surface area contributed by atoms with Crippen molar-refractivity contribution < 1.29 is 0 Å². The largest absolute Gasteiger partial charge is 0.348 e. The van der Waals surface area contributed by atoms with Gasteiger partial charge in [-0.2, -0.15) is 0 Å². The average Bonchev–Trinajstić information content (AvgIpc) is 2.79. The Bertz CT molecular complexity index is 536. The van der Waals surface area contributed by atoms with Crippen LogP contribution in [-0.2, 0) is 0 Å². The molecule has 3 nitrogen and oxygen atoms in total. The minimum Gasteiger partial charge on any atom is -0.348 e. The second-order valence-electron chi connectivity index (χ2n) is 4.81. The van der Waals surface area contributed by atoms with Crippen LogP contribution in [0.1, 0.15) is 13.8 Å². The topological polar surface area (TPSA) is 19.4 Å². The van der Waals surface area contributed by atoms with Crippen LogP contribution in [0.2, 0.25) is 0 Å². The van der Waals surface area contributed by atoms with Gasteiger partial charge in [-0.3, -0.25) is 0 Å². The SMILES string of the molecule is CC(C)N1CN(c2ccccc2)c2ncccc21. The highest BCUT2D eigenvalue weighted by Crippen LogP contribution is 2.39. The maximum Gasteiger partial charge on any atom is 0.158 e. The molecule has 1 aliphatic rings. The summed E-state index contributed by atoms with van der Waals surface area (Å²) in [5.74, 6) is 1.05. The first-order valence-electron chi connectivity index (χ1n) is 6.31. The Hall–Kier alpha value is -2.03. The Morgan fingerprint density at radius 3 is 2.56 bits per heavy atom. The third-order valence-corrected chi connectivity index (χ3v) is 3.32. The van der Waals surface area contributed by atoms with E-state index in [1.807, 2.05) is 18.3 Å². The fourth-order valence-corrected chi connectivity index (χ4v) is 2.37. The molecule has 1 aromatic carbocycles. The molecule has 18 heavy (non-hydrogen) atoms. The zero-order valence-electron chi connectivity index (χ0n) is 10.7. The van der Waals surface area contributed by atoms with E-state index in [0.717, 1.165) is 12.5 Å². The third kappa shape index (κ3) is 1.72. The second kappa shape index (κ2) is 4.33. The summed E-state index contributed by atoms with van der Waals surface area (Å²) in [5, 5.41) is 0. The van der Waals surface area contributed by atoms with E-state index in [2.05, 4.69) is 59.0 Å². The molecule has 3 rings (SSSR count). The smallest absolute Gasteiger partial charge is 0.158 e. The van der Waals surface area contributed by atoms with Crippen LogP contribution in [-0.4, -0.2) is 17.7 Å². The summed E-state index contributed by atoms with van der Waals surface area (Å²) >= 11 is 0. The normalized spacial score (nSPS) is 14.2. The quantitative estimate of drug-likeness (QED) is 0.800. The zero-order chi connectivity index (χ0) is 12.5. The molecule has 0 saturated carbocycles. The van der Waals surface area contributed by atoms with Crippen molar-refractivity contribution in [2.75, 3.05) is 16.5 Å². The van der Waals surface area contributed by atoms with E-state index >= 15 is 0 Å². The van der Waals surface area contributed by atoms with Crippen LogP contribution in [0.5, 0.6) is 0 Å². The van der Waals surface area contributed by atoms with Gasteiger partial charge in [0.15, 0.2) is 5.82 Å². The summed E-state index contributed by atoms with van der Waals surface area (Å²) in [6, 6.07) is 15.0. The summed E-state index contributed by atoms with van der Waals surface area (Å²) in [5.41, 5.74) is 2.41. The maximum atomic E-state index is 4.53. The molecule has 1 aromatic heterocycles. The van der Waals surface area contributed by atoms with E-state index in [0.29, 0.717) is 6.04 Å². The van der Waals surface area contributed by atoms with Crippen LogP contribution in [0.25, 0.3) is 0 Å². The number of nitrogens with zero attached hydrogens (tertiary/aromatic N) is 3. The predicted molar refractivity (Wildman–Crippen MR) is 75.3 cm³/mol. The molecular formula is C15H17N3. The van der Waals surface area contributed by atoms with Gasteiger partial charge in [-0.15, -0.1) is 0 Å². The number of hydrogen-bond acceptors (Lipinski definition) is 3. The number of pyridine rings is 1. The van der Waals surface area contributed by atoms with Crippen LogP contribution < -0.4 is 9.80 Å². The summed E-state index contributed by atoms with van der Waals surface area (Å²) in [7, 11) is 0. The van der Waals surface area contributed by atoms with Crippen molar-refractivity contribution in [2.45, 2.75) is 19.9 Å². The first kappa shape index (κ1) is 11.1. The molecule has 0 aliphatic carbocycles. The number of benzene rings is 1. The first-order valence-corrected chi connectivity index (χ1v) is 6.31. The summed E-state index contributed by atoms with van der Waals surface area (Å²) in [6.45, 7) is 5.30. The molecule has 0 spiro atoms. The molecule has 0 amide bonds. The van der Waals surface area contributed by atoms with E-state index in [9.17, 15) is 0 Å². The van der Waals surface area contributed by atoms with E-state index in [1.165, 1.54) is 11.4 Å². The van der Waals surface area contributed by atoms with E-state index in [1.54, 1.807) is 0 Å². The van der Waals surface area contributed by atoms with Crippen molar-refractivity contribution in [3.05, 3.63) is 48.7 Å². The van der Waals surface area contributed by atoms with E-state index in [4.69, 9.17) is 0 Å². The summed E-state index contributed by atoms with van der Waals surface area (Å²) < 4.78 is 0. The fraction of sp³-hybridized carbons (Fsp3) is 0.267. The van der Waals surface area contributed by atoms with Gasteiger partial charge in [0.05, 0.1) is 12.4 Å². The van der Waals surface area contributed by atoms with Crippen LogP contribution in [0.4, 0.5) is 17.2 Å². The number of para-hydroxylation sites is 1. The number of fused-ring (bicyclic) bond motifs is 1. The molecule has 2 aromatic rings. The number of hydrogen-bond donors (Lipinski definition) is 0. The maximum absolute atomic E-state index is 4.53. The van der Waals surface area contributed by atoms with Gasteiger partial charge in [-0.25, -0.2) is 4.98 Å². The Morgan fingerprint density at radius 1 is 1.06 bits per heavy atom. The van der Waals surface area contributed by atoms with Gasteiger partial charge in [-0.05, 0) is 38.1 Å². The summed E-state index contributed by atoms with van der Waals surface area (Å²) in [6.07, 6.45) is 1.86. The van der Waals surface area contributed by atoms with Gasteiger partial charge in [0.25, 0.3) is 0 Å². The Kier molecular flexibility index (Phi) is 2.67. The average molecular weight is 239 g/mol. The van der Waals surface area contributed by atoms with Gasteiger partial charge in [0.1, 0.15) is 0 Å². The van der Waals surface area contributed by atoms with Crippen molar-refractivity contribution in [2.24, 2.45) is 0 Å². The molecule has 2 heterocycles. The standard InChI is InChI=1S/C15H17N3/c1-12(2)17-11-18(13-7-4-3-5-8-13)15-14(17)9-6-10-16-15/h3-10,12H,11H2,1-2H3. The highest BCUT2D eigenvalue weighted by atomic mass is 15.4. The van der Waals surface area contributed by atoms with Gasteiger partial charge in [0, 0.05) is 17.9 Å². The molecule has 3 heteroatoms. The van der Waals surface area contributed by atoms with Gasteiger partial charge in [-0.1, -0.05) is 18.2 Å². The Balaban J connectivity index is 2.05. The van der Waals surface area contributed by atoms with Crippen molar-refractivity contribution in [1.82, 2.24) is 4.98 Å². The molecule has 0 atom stereocenters. The van der Waals surface area contributed by atoms with Crippen molar-refractivity contribution in [3.8, 4) is 0 Å². The van der Waals surface area contributed by atoms with E-state index < -0.39 is 0 Å². The zero-order valence-corrected chi connectivity index (χ0v) is 10.7. The van der Waals surface area contributed by atoms with Crippen molar-refractivity contribution in [3.63, 3.8) is 0 Å². The highest BCUT2D eigenvalue weighted by Gasteiger charge is 2.29. The molecule has 0 radical (unpaired) electrons. The number of anilines is 3. The van der Waals surface area contributed by atoms with Crippen LogP contribution in [0, 0.1) is 0 Å². The minimum atomic E-state index is 0.474. The second-order valence-corrected chi connectivity index (χ2v) is 4.81. The predicted octanol–water partition coefficient (Wildman–Crippen LogP) is 3.41. The van der Waals surface area contributed by atoms with Crippen molar-refractivity contribution in [1.29, 1.82) is 0 Å². The molecule has 0 bridgehead atoms. The minimum absolute atomic E-state index is 0.474. The van der Waals surface area contributed by atoms with Crippen LogP contribution >= 0.6 is 0 Å². The fourth-order valence-electron chi connectivity index (χ4n) is 2.37. The molecule has 0 saturated heterocycles. The lowest BCUT2D eigenvalue weighted by molar-refractivity contribution is 0.709. The monoisotopic (exact) mass is 239 g/mol. The summed E-state index contributed by atoms with van der Waals surface area (Å²) in [4.78, 5) is 9.16. The van der Waals surface area contributed by atoms with Gasteiger partial charge in [0.2, 0.25) is 0 Å². The molecule has 0 unspecified atom stereocenters. The third-order valence-electron chi connectivity index (χ3n) is 3.32. The highest BCUT2D eigenvalue weighted by molar-refractivity contribution is 5.79. The lowest BCUT2D eigenvalue weighted by atomic mass is 10.3. The molecule has 0 N–H and O–H groups in total. The lowest BCUT2D eigenvalue weighted by Crippen LogP contribution is -2.33. The first-order chi connectivity index (χ1) is 8.77. The van der Waals surface area contributed by atoms with Crippen LogP contribution in [0.15, 0.2) is 48.7 Å². The number of rotatable bonds is 2. The Labute approximate surface area is 108 Å². The number of aromatic nitrogens is 1. The lowest BCUT2D eigenvalue weighted by Gasteiger charge is -2.24. The van der Waals surface area contributed by atoms with Crippen LogP contribution in [0.3, 0.4) is 0 Å². The molecular weight excluding hydrogens is 222 g/mol.